The summed E-state index contributed by atoms with van der Waals surface area (Å²) < 4.78 is 20.4. The molecule has 3 aromatic carbocycles. The van der Waals surface area contributed by atoms with Gasteiger partial charge >= 0.3 is 0 Å². The molecule has 0 aliphatic heterocycles. The molecule has 0 aliphatic rings. The molecule has 0 bridgehead atoms. The zero-order chi connectivity index (χ0) is 21.8. The number of nitrogens with zero attached hydrogens (tertiary/aromatic N) is 3. The van der Waals surface area contributed by atoms with Crippen molar-refractivity contribution in [3.05, 3.63) is 89.5 Å². The van der Waals surface area contributed by atoms with Gasteiger partial charge in [-0.3, -0.25) is 4.79 Å². The third-order valence-corrected chi connectivity index (χ3v) is 4.66. The summed E-state index contributed by atoms with van der Waals surface area (Å²) in [6.45, 7) is 2.46. The topological polar surface area (TPSA) is 69.0 Å². The Bertz CT molecular complexity index is 1190. The van der Waals surface area contributed by atoms with Gasteiger partial charge in [0.1, 0.15) is 11.6 Å². The summed E-state index contributed by atoms with van der Waals surface area (Å²) in [4.78, 5) is 17.2. The molecule has 4 aromatic rings. The lowest BCUT2D eigenvalue weighted by Gasteiger charge is -2.08. The SMILES string of the molecule is CCOc1ccc(-n2nc(C(=O)Nc3ccc(Cl)cc3)nc2-c2ccc(F)cc2)cc1. The molecule has 0 saturated carbocycles. The highest BCUT2D eigenvalue weighted by Gasteiger charge is 2.19. The molecule has 4 rings (SSSR count). The molecule has 6 nitrogen and oxygen atoms in total. The minimum atomic E-state index is -0.477. The predicted molar refractivity (Wildman–Crippen MR) is 117 cm³/mol. The van der Waals surface area contributed by atoms with Crippen LogP contribution >= 0.6 is 11.6 Å². The number of anilines is 1. The summed E-state index contributed by atoms with van der Waals surface area (Å²) in [5, 5.41) is 7.71. The van der Waals surface area contributed by atoms with Crippen molar-refractivity contribution >= 4 is 23.2 Å². The summed E-state index contributed by atoms with van der Waals surface area (Å²) in [6.07, 6.45) is 0. The van der Waals surface area contributed by atoms with E-state index in [1.54, 1.807) is 41.1 Å². The summed E-state index contributed by atoms with van der Waals surface area (Å²) in [5.41, 5.74) is 1.87. The van der Waals surface area contributed by atoms with Crippen molar-refractivity contribution in [2.75, 3.05) is 11.9 Å². The number of carbonyl (C=O) groups is 1. The van der Waals surface area contributed by atoms with E-state index in [4.69, 9.17) is 16.3 Å². The monoisotopic (exact) mass is 436 g/mol. The average molecular weight is 437 g/mol. The first-order chi connectivity index (χ1) is 15.0. The van der Waals surface area contributed by atoms with Crippen LogP contribution in [0.25, 0.3) is 17.1 Å². The molecule has 1 amide bonds. The molecule has 0 radical (unpaired) electrons. The van der Waals surface area contributed by atoms with E-state index >= 15 is 0 Å². The number of rotatable bonds is 6. The maximum absolute atomic E-state index is 13.4. The fourth-order valence-corrected chi connectivity index (χ4v) is 3.07. The second-order valence-electron chi connectivity index (χ2n) is 6.57. The number of ether oxygens (including phenoxy) is 1. The van der Waals surface area contributed by atoms with Gasteiger partial charge in [-0.1, -0.05) is 11.6 Å². The summed E-state index contributed by atoms with van der Waals surface area (Å²) in [7, 11) is 0. The summed E-state index contributed by atoms with van der Waals surface area (Å²) in [5.74, 6) is 0.260. The number of hydrogen-bond donors (Lipinski definition) is 1. The Balaban J connectivity index is 1.71. The van der Waals surface area contributed by atoms with Gasteiger partial charge in [0.25, 0.3) is 5.91 Å². The van der Waals surface area contributed by atoms with Crippen LogP contribution in [-0.4, -0.2) is 27.3 Å². The van der Waals surface area contributed by atoms with Crippen molar-refractivity contribution in [2.45, 2.75) is 6.92 Å². The van der Waals surface area contributed by atoms with Crippen LogP contribution in [0.1, 0.15) is 17.5 Å². The van der Waals surface area contributed by atoms with Crippen LogP contribution in [0.3, 0.4) is 0 Å². The molecule has 0 unspecified atom stereocenters. The second-order valence-corrected chi connectivity index (χ2v) is 7.00. The van der Waals surface area contributed by atoms with E-state index in [-0.39, 0.29) is 11.6 Å². The molecule has 1 aromatic heterocycles. The van der Waals surface area contributed by atoms with Crippen LogP contribution in [0.15, 0.2) is 72.8 Å². The molecule has 0 atom stereocenters. The lowest BCUT2D eigenvalue weighted by Crippen LogP contribution is -2.14. The molecular formula is C23H18ClFN4O2. The van der Waals surface area contributed by atoms with Crippen LogP contribution in [0.2, 0.25) is 5.02 Å². The van der Waals surface area contributed by atoms with Gasteiger partial charge in [-0.15, -0.1) is 5.10 Å². The van der Waals surface area contributed by atoms with E-state index in [0.29, 0.717) is 34.4 Å². The van der Waals surface area contributed by atoms with Crippen molar-refractivity contribution in [3.8, 4) is 22.8 Å². The first-order valence-electron chi connectivity index (χ1n) is 9.56. The highest BCUT2D eigenvalue weighted by molar-refractivity contribution is 6.30. The Morgan fingerprint density at radius 1 is 1.03 bits per heavy atom. The Hall–Kier alpha value is -3.71. The maximum atomic E-state index is 13.4. The van der Waals surface area contributed by atoms with Gasteiger partial charge < -0.3 is 10.1 Å². The Kier molecular flexibility index (Phi) is 5.95. The van der Waals surface area contributed by atoms with Crippen LogP contribution < -0.4 is 10.1 Å². The van der Waals surface area contributed by atoms with E-state index in [0.717, 1.165) is 5.75 Å². The number of halogens is 2. The van der Waals surface area contributed by atoms with E-state index in [1.165, 1.54) is 12.1 Å². The van der Waals surface area contributed by atoms with Crippen molar-refractivity contribution in [2.24, 2.45) is 0 Å². The molecule has 156 valence electrons. The normalized spacial score (nSPS) is 10.7. The number of benzene rings is 3. The number of hydrogen-bond acceptors (Lipinski definition) is 4. The van der Waals surface area contributed by atoms with Gasteiger partial charge in [-0.2, -0.15) is 0 Å². The molecule has 0 spiro atoms. The number of amides is 1. The van der Waals surface area contributed by atoms with Gasteiger partial charge in [0, 0.05) is 16.3 Å². The van der Waals surface area contributed by atoms with E-state index in [2.05, 4.69) is 15.4 Å². The van der Waals surface area contributed by atoms with Crippen molar-refractivity contribution in [1.29, 1.82) is 0 Å². The van der Waals surface area contributed by atoms with Crippen LogP contribution in [0.5, 0.6) is 5.75 Å². The number of carbonyl (C=O) groups excluding carboxylic acids is 1. The molecular weight excluding hydrogens is 419 g/mol. The van der Waals surface area contributed by atoms with Gasteiger partial charge in [0.2, 0.25) is 5.82 Å². The first kappa shape index (κ1) is 20.6. The predicted octanol–water partition coefficient (Wildman–Crippen LogP) is 5.38. The molecule has 31 heavy (non-hydrogen) atoms. The molecule has 0 aliphatic carbocycles. The number of nitrogens with one attached hydrogen (secondary N) is 1. The Morgan fingerprint density at radius 2 is 1.71 bits per heavy atom. The zero-order valence-corrected chi connectivity index (χ0v) is 17.3. The van der Waals surface area contributed by atoms with Gasteiger partial charge in [-0.25, -0.2) is 14.1 Å². The Morgan fingerprint density at radius 3 is 2.35 bits per heavy atom. The zero-order valence-electron chi connectivity index (χ0n) is 16.5. The maximum Gasteiger partial charge on any atom is 0.295 e. The fraction of sp³-hybridized carbons (Fsp3) is 0.0870. The quantitative estimate of drug-likeness (QED) is 0.440. The van der Waals surface area contributed by atoms with Gasteiger partial charge in [0.05, 0.1) is 12.3 Å². The van der Waals surface area contributed by atoms with E-state index in [9.17, 15) is 9.18 Å². The molecule has 8 heteroatoms. The van der Waals surface area contributed by atoms with Crippen LogP contribution in [0, 0.1) is 5.82 Å². The third kappa shape index (κ3) is 4.73. The number of aromatic nitrogens is 3. The lowest BCUT2D eigenvalue weighted by molar-refractivity contribution is 0.101. The van der Waals surface area contributed by atoms with Crippen molar-refractivity contribution in [3.63, 3.8) is 0 Å². The van der Waals surface area contributed by atoms with Crippen molar-refractivity contribution in [1.82, 2.24) is 14.8 Å². The van der Waals surface area contributed by atoms with E-state index < -0.39 is 5.91 Å². The fourth-order valence-electron chi connectivity index (χ4n) is 2.94. The molecule has 0 saturated heterocycles. The third-order valence-electron chi connectivity index (χ3n) is 4.41. The van der Waals surface area contributed by atoms with Crippen molar-refractivity contribution < 1.29 is 13.9 Å². The minimum absolute atomic E-state index is 0.0249. The van der Waals surface area contributed by atoms with E-state index in [1.807, 2.05) is 31.2 Å². The minimum Gasteiger partial charge on any atom is -0.494 e. The average Bonchev–Trinajstić information content (AvgIpc) is 3.22. The van der Waals surface area contributed by atoms with Crippen LogP contribution in [0.4, 0.5) is 10.1 Å². The lowest BCUT2D eigenvalue weighted by atomic mass is 10.2. The van der Waals surface area contributed by atoms with Crippen LogP contribution in [-0.2, 0) is 0 Å². The largest absolute Gasteiger partial charge is 0.494 e. The highest BCUT2D eigenvalue weighted by Crippen LogP contribution is 2.24. The smallest absolute Gasteiger partial charge is 0.295 e. The Labute approximate surface area is 183 Å². The molecule has 0 fully saturated rings. The second kappa shape index (κ2) is 8.97. The highest BCUT2D eigenvalue weighted by atomic mass is 35.5. The standard InChI is InChI=1S/C23H18ClFN4O2/c1-2-31-20-13-11-19(12-14-20)29-22(15-3-7-17(25)8-4-15)27-21(28-29)23(30)26-18-9-5-16(24)6-10-18/h3-14H,2H2,1H3,(H,26,30). The molecule has 1 heterocycles. The summed E-state index contributed by atoms with van der Waals surface area (Å²) in [6, 6.07) is 19.8. The first-order valence-corrected chi connectivity index (χ1v) is 9.94. The van der Waals surface area contributed by atoms with Gasteiger partial charge in [0.15, 0.2) is 5.82 Å². The van der Waals surface area contributed by atoms with Gasteiger partial charge in [-0.05, 0) is 79.7 Å². The molecule has 1 N–H and O–H groups in total. The summed E-state index contributed by atoms with van der Waals surface area (Å²) >= 11 is 5.89.